The van der Waals surface area contributed by atoms with E-state index in [-0.39, 0.29) is 10.7 Å². The van der Waals surface area contributed by atoms with Crippen LogP contribution in [0.1, 0.15) is 11.4 Å². The summed E-state index contributed by atoms with van der Waals surface area (Å²) in [5.41, 5.74) is -1.44. The van der Waals surface area contributed by atoms with Gasteiger partial charge in [-0.1, -0.05) is 11.6 Å². The molecule has 0 atom stereocenters. The van der Waals surface area contributed by atoms with Crippen molar-refractivity contribution in [2.24, 2.45) is 0 Å². The molecule has 1 rings (SSSR count). The largest absolute Gasteiger partial charge is 0.481 e. The van der Waals surface area contributed by atoms with Crippen molar-refractivity contribution >= 4 is 17.6 Å². The summed E-state index contributed by atoms with van der Waals surface area (Å²) in [6.07, 6.45) is -5.24. The van der Waals surface area contributed by atoms with Crippen LogP contribution >= 0.6 is 11.6 Å². The number of hydrogen-bond acceptors (Lipinski definition) is 2. The van der Waals surface area contributed by atoms with Gasteiger partial charge in [0.05, 0.1) is 17.1 Å². The highest BCUT2D eigenvalue weighted by atomic mass is 35.5. The number of halogens is 4. The summed E-state index contributed by atoms with van der Waals surface area (Å²) in [7, 11) is 0. The van der Waals surface area contributed by atoms with Crippen molar-refractivity contribution in [3.63, 3.8) is 0 Å². The number of pyridine rings is 1. The summed E-state index contributed by atoms with van der Waals surface area (Å²) in [5.74, 6) is -1.29. The number of hydrogen-bond donors (Lipinski definition) is 1. The van der Waals surface area contributed by atoms with Gasteiger partial charge in [0.15, 0.2) is 0 Å². The average molecular weight is 240 g/mol. The Balaban J connectivity index is 3.11. The van der Waals surface area contributed by atoms with Crippen molar-refractivity contribution < 1.29 is 23.1 Å². The van der Waals surface area contributed by atoms with Gasteiger partial charge in [0, 0.05) is 0 Å². The SMILES string of the molecule is O=C(O)Cc1nc(C(F)(F)F)ccc1Cl. The summed E-state index contributed by atoms with van der Waals surface area (Å²) in [6.45, 7) is 0. The van der Waals surface area contributed by atoms with Crippen LogP contribution in [0.3, 0.4) is 0 Å². The maximum Gasteiger partial charge on any atom is 0.433 e. The van der Waals surface area contributed by atoms with Gasteiger partial charge in [0.1, 0.15) is 5.69 Å². The van der Waals surface area contributed by atoms with Crippen LogP contribution in [0.25, 0.3) is 0 Å². The number of aliphatic carboxylic acids is 1. The van der Waals surface area contributed by atoms with Gasteiger partial charge in [0.25, 0.3) is 0 Å². The van der Waals surface area contributed by atoms with E-state index in [9.17, 15) is 18.0 Å². The quantitative estimate of drug-likeness (QED) is 0.862. The monoisotopic (exact) mass is 239 g/mol. The van der Waals surface area contributed by atoms with E-state index in [1.54, 1.807) is 0 Å². The molecular formula is C8H5ClF3NO2. The van der Waals surface area contributed by atoms with Crippen LogP contribution in [0, 0.1) is 0 Å². The summed E-state index contributed by atoms with van der Waals surface area (Å²) in [6, 6.07) is 1.68. The smallest absolute Gasteiger partial charge is 0.433 e. The topological polar surface area (TPSA) is 50.2 Å². The number of alkyl halides is 3. The third-order valence-corrected chi connectivity index (χ3v) is 1.87. The molecule has 1 aromatic heterocycles. The van der Waals surface area contributed by atoms with Crippen molar-refractivity contribution in [1.29, 1.82) is 0 Å². The summed E-state index contributed by atoms with van der Waals surface area (Å²) < 4.78 is 36.6. The Morgan fingerprint density at radius 3 is 2.53 bits per heavy atom. The fourth-order valence-electron chi connectivity index (χ4n) is 0.909. The Morgan fingerprint density at radius 1 is 1.47 bits per heavy atom. The van der Waals surface area contributed by atoms with Gasteiger partial charge in [-0.3, -0.25) is 4.79 Å². The molecule has 0 amide bonds. The first-order valence-electron chi connectivity index (χ1n) is 3.75. The molecule has 0 aliphatic rings. The molecule has 0 bridgehead atoms. The number of carboxylic acid groups (broad SMARTS) is 1. The minimum absolute atomic E-state index is 0.0922. The molecule has 1 aromatic rings. The van der Waals surface area contributed by atoms with Crippen molar-refractivity contribution in [1.82, 2.24) is 4.98 Å². The molecule has 82 valence electrons. The molecule has 3 nitrogen and oxygen atoms in total. The van der Waals surface area contributed by atoms with Crippen molar-refractivity contribution in [2.75, 3.05) is 0 Å². The highest BCUT2D eigenvalue weighted by Gasteiger charge is 2.33. The third-order valence-electron chi connectivity index (χ3n) is 1.53. The minimum atomic E-state index is -4.60. The van der Waals surface area contributed by atoms with E-state index in [2.05, 4.69) is 4.98 Å². The van der Waals surface area contributed by atoms with Gasteiger partial charge >= 0.3 is 12.1 Å². The normalized spacial score (nSPS) is 11.5. The zero-order valence-electron chi connectivity index (χ0n) is 7.18. The molecule has 0 fully saturated rings. The van der Waals surface area contributed by atoms with Gasteiger partial charge in [-0.05, 0) is 12.1 Å². The van der Waals surface area contributed by atoms with Gasteiger partial charge in [-0.2, -0.15) is 13.2 Å². The van der Waals surface area contributed by atoms with Gasteiger partial charge in [0.2, 0.25) is 0 Å². The average Bonchev–Trinajstić information content (AvgIpc) is 2.06. The lowest BCUT2D eigenvalue weighted by atomic mass is 10.2. The first-order chi connectivity index (χ1) is 6.80. The minimum Gasteiger partial charge on any atom is -0.481 e. The maximum absolute atomic E-state index is 12.2. The van der Waals surface area contributed by atoms with Crippen LogP contribution in [0.2, 0.25) is 5.02 Å². The molecule has 0 aliphatic heterocycles. The Kier molecular flexibility index (Phi) is 3.18. The second-order valence-electron chi connectivity index (χ2n) is 2.69. The van der Waals surface area contributed by atoms with E-state index in [1.165, 1.54) is 0 Å². The van der Waals surface area contributed by atoms with E-state index in [4.69, 9.17) is 16.7 Å². The lowest BCUT2D eigenvalue weighted by Crippen LogP contribution is -2.11. The predicted molar refractivity (Wildman–Crippen MR) is 45.6 cm³/mol. The highest BCUT2D eigenvalue weighted by Crippen LogP contribution is 2.29. The number of nitrogens with zero attached hydrogens (tertiary/aromatic N) is 1. The van der Waals surface area contributed by atoms with Crippen LogP contribution in [-0.2, 0) is 17.4 Å². The zero-order chi connectivity index (χ0) is 11.6. The van der Waals surface area contributed by atoms with E-state index < -0.39 is 24.3 Å². The Morgan fingerprint density at radius 2 is 2.07 bits per heavy atom. The van der Waals surface area contributed by atoms with Crippen LogP contribution in [0.4, 0.5) is 13.2 Å². The van der Waals surface area contributed by atoms with E-state index in [1.807, 2.05) is 0 Å². The molecule has 0 saturated heterocycles. The second-order valence-corrected chi connectivity index (χ2v) is 3.10. The number of carbonyl (C=O) groups is 1. The van der Waals surface area contributed by atoms with Crippen LogP contribution in [-0.4, -0.2) is 16.1 Å². The zero-order valence-corrected chi connectivity index (χ0v) is 7.93. The van der Waals surface area contributed by atoms with E-state index in [0.29, 0.717) is 6.07 Å². The van der Waals surface area contributed by atoms with Crippen molar-refractivity contribution in [3.05, 3.63) is 28.5 Å². The molecule has 0 aromatic carbocycles. The molecule has 15 heavy (non-hydrogen) atoms. The first-order valence-corrected chi connectivity index (χ1v) is 4.13. The summed E-state index contributed by atoms with van der Waals surface area (Å²) >= 11 is 5.50. The van der Waals surface area contributed by atoms with Crippen molar-refractivity contribution in [3.8, 4) is 0 Å². The third kappa shape index (κ3) is 3.09. The standard InChI is InChI=1S/C8H5ClF3NO2/c9-4-1-2-6(8(10,11)12)13-5(4)3-7(14)15/h1-2H,3H2,(H,14,15). The van der Waals surface area contributed by atoms with Crippen LogP contribution < -0.4 is 0 Å². The molecule has 0 aliphatic carbocycles. The molecule has 0 unspecified atom stereocenters. The molecule has 0 saturated carbocycles. The fourth-order valence-corrected chi connectivity index (χ4v) is 1.08. The number of rotatable bonds is 2. The Labute approximate surface area is 87.5 Å². The molecule has 7 heteroatoms. The second kappa shape index (κ2) is 4.06. The molecule has 0 radical (unpaired) electrons. The van der Waals surface area contributed by atoms with E-state index >= 15 is 0 Å². The Bertz CT molecular complexity index is 392. The van der Waals surface area contributed by atoms with Crippen LogP contribution in [0.15, 0.2) is 12.1 Å². The lowest BCUT2D eigenvalue weighted by Gasteiger charge is -2.07. The predicted octanol–water partition coefficient (Wildman–Crippen LogP) is 2.38. The maximum atomic E-state index is 12.2. The summed E-state index contributed by atoms with van der Waals surface area (Å²) in [4.78, 5) is 13.4. The molecule has 0 spiro atoms. The Hall–Kier alpha value is -1.30. The molecule has 1 heterocycles. The van der Waals surface area contributed by atoms with E-state index in [0.717, 1.165) is 6.07 Å². The first kappa shape index (κ1) is 11.8. The lowest BCUT2D eigenvalue weighted by molar-refractivity contribution is -0.142. The number of aromatic nitrogens is 1. The number of carboxylic acids is 1. The van der Waals surface area contributed by atoms with Gasteiger partial charge in [-0.15, -0.1) is 0 Å². The summed E-state index contributed by atoms with van der Waals surface area (Å²) in [5, 5.41) is 8.31. The molecular weight excluding hydrogens is 235 g/mol. The fraction of sp³-hybridized carbons (Fsp3) is 0.250. The van der Waals surface area contributed by atoms with Gasteiger partial charge in [-0.25, -0.2) is 4.98 Å². The van der Waals surface area contributed by atoms with Crippen molar-refractivity contribution in [2.45, 2.75) is 12.6 Å². The van der Waals surface area contributed by atoms with Crippen LogP contribution in [0.5, 0.6) is 0 Å². The highest BCUT2D eigenvalue weighted by molar-refractivity contribution is 6.31. The molecule has 1 N–H and O–H groups in total. The van der Waals surface area contributed by atoms with Gasteiger partial charge < -0.3 is 5.11 Å².